The molecule has 0 aromatic rings. The van der Waals surface area contributed by atoms with Crippen molar-refractivity contribution in [3.05, 3.63) is 0 Å². The zero-order chi connectivity index (χ0) is 17.3. The van der Waals surface area contributed by atoms with Crippen molar-refractivity contribution in [2.24, 2.45) is 0 Å². The van der Waals surface area contributed by atoms with Gasteiger partial charge in [0.05, 0.1) is 13.2 Å². The fourth-order valence-electron chi connectivity index (χ4n) is 2.57. The van der Waals surface area contributed by atoms with Crippen LogP contribution in [0.2, 0.25) is 0 Å². The lowest BCUT2D eigenvalue weighted by Crippen LogP contribution is -2.64. The Balaban J connectivity index is 2.11. The molecule has 0 spiro atoms. The number of rotatable bonds is 4. The standard InChI is InChI=1S/C12H22O11/c13-1-3-5(15)6(16)9(19)12(22-3)23-10-4(2-14)21-11(20)8(18)7(10)17/h3-20H,1-2H2/t3?,4?,5-,6+,7-,8?,9?,10-,11-,12-/m1/s1. The molecule has 0 radical (unpaired) electrons. The van der Waals surface area contributed by atoms with Gasteiger partial charge in [-0.25, -0.2) is 0 Å². The molecule has 0 aliphatic carbocycles. The summed E-state index contributed by atoms with van der Waals surface area (Å²) in [6.07, 6.45) is -15.6. The first-order valence-electron chi connectivity index (χ1n) is 7.08. The molecule has 23 heavy (non-hydrogen) atoms. The number of aliphatic hydroxyl groups excluding tert-OH is 8. The summed E-state index contributed by atoms with van der Waals surface area (Å²) in [5, 5.41) is 76.5. The highest BCUT2D eigenvalue weighted by Gasteiger charge is 2.50. The third-order valence-corrected chi connectivity index (χ3v) is 3.98. The van der Waals surface area contributed by atoms with E-state index < -0.39 is 74.6 Å². The van der Waals surface area contributed by atoms with Crippen LogP contribution in [-0.2, 0) is 14.2 Å². The highest BCUT2D eigenvalue weighted by atomic mass is 16.7. The van der Waals surface area contributed by atoms with E-state index in [0.29, 0.717) is 0 Å². The molecule has 2 fully saturated rings. The first-order chi connectivity index (χ1) is 10.8. The average Bonchev–Trinajstić information content (AvgIpc) is 2.55. The topological polar surface area (TPSA) is 190 Å². The molecule has 11 nitrogen and oxygen atoms in total. The quantitative estimate of drug-likeness (QED) is 0.243. The van der Waals surface area contributed by atoms with Crippen LogP contribution in [0.15, 0.2) is 0 Å². The summed E-state index contributed by atoms with van der Waals surface area (Å²) in [5.41, 5.74) is 0. The number of hydrogen-bond donors (Lipinski definition) is 8. The van der Waals surface area contributed by atoms with E-state index in [0.717, 1.165) is 0 Å². The van der Waals surface area contributed by atoms with Crippen LogP contribution in [0, 0.1) is 0 Å². The van der Waals surface area contributed by atoms with Crippen molar-refractivity contribution in [1.82, 2.24) is 0 Å². The normalized spacial score (nSPS) is 51.7. The first kappa shape index (κ1) is 18.9. The van der Waals surface area contributed by atoms with Gasteiger partial charge in [-0.15, -0.1) is 0 Å². The molecule has 0 amide bonds. The number of ether oxygens (including phenoxy) is 3. The second-order valence-electron chi connectivity index (χ2n) is 5.53. The van der Waals surface area contributed by atoms with Gasteiger partial charge in [-0.1, -0.05) is 0 Å². The molecule has 2 aliphatic rings. The van der Waals surface area contributed by atoms with Gasteiger partial charge in [0.15, 0.2) is 12.6 Å². The van der Waals surface area contributed by atoms with E-state index in [2.05, 4.69) is 0 Å². The maximum Gasteiger partial charge on any atom is 0.187 e. The Labute approximate surface area is 130 Å². The Morgan fingerprint density at radius 2 is 1.26 bits per heavy atom. The maximum absolute atomic E-state index is 9.94. The maximum atomic E-state index is 9.94. The Morgan fingerprint density at radius 3 is 1.83 bits per heavy atom. The van der Waals surface area contributed by atoms with Gasteiger partial charge in [-0.05, 0) is 0 Å². The van der Waals surface area contributed by atoms with Gasteiger partial charge < -0.3 is 55.1 Å². The zero-order valence-electron chi connectivity index (χ0n) is 12.0. The summed E-state index contributed by atoms with van der Waals surface area (Å²) in [4.78, 5) is 0. The SMILES string of the molecule is OCC1O[C@H](O[C@@H]2C(CO)O[C@@H](O)C(O)[C@H]2O)C(O)[C@@H](O)[C@@H]1O. The number of hydrogen-bond acceptors (Lipinski definition) is 11. The average molecular weight is 342 g/mol. The van der Waals surface area contributed by atoms with Crippen LogP contribution in [0.25, 0.3) is 0 Å². The van der Waals surface area contributed by atoms with Crippen LogP contribution in [0.4, 0.5) is 0 Å². The molecular weight excluding hydrogens is 320 g/mol. The second-order valence-corrected chi connectivity index (χ2v) is 5.53. The first-order valence-corrected chi connectivity index (χ1v) is 7.08. The molecule has 2 rings (SSSR count). The van der Waals surface area contributed by atoms with Crippen molar-refractivity contribution in [2.45, 2.75) is 61.4 Å². The lowest BCUT2D eigenvalue weighted by molar-refractivity contribution is -0.355. The van der Waals surface area contributed by atoms with Crippen molar-refractivity contribution in [3.63, 3.8) is 0 Å². The van der Waals surface area contributed by atoms with Gasteiger partial charge in [-0.3, -0.25) is 0 Å². The highest BCUT2D eigenvalue weighted by molar-refractivity contribution is 4.93. The fraction of sp³-hybridized carbons (Fsp3) is 1.00. The van der Waals surface area contributed by atoms with E-state index in [1.165, 1.54) is 0 Å². The minimum atomic E-state index is -1.74. The van der Waals surface area contributed by atoms with Crippen molar-refractivity contribution in [2.75, 3.05) is 13.2 Å². The van der Waals surface area contributed by atoms with Crippen molar-refractivity contribution in [3.8, 4) is 0 Å². The van der Waals surface area contributed by atoms with Gasteiger partial charge in [0.2, 0.25) is 0 Å². The Kier molecular flexibility index (Phi) is 6.27. The molecule has 8 N–H and O–H groups in total. The van der Waals surface area contributed by atoms with E-state index in [1.807, 2.05) is 0 Å². The van der Waals surface area contributed by atoms with Gasteiger partial charge in [-0.2, -0.15) is 0 Å². The molecule has 2 heterocycles. The molecule has 2 aliphatic heterocycles. The predicted octanol–water partition coefficient (Wildman–Crippen LogP) is -5.40. The van der Waals surface area contributed by atoms with E-state index >= 15 is 0 Å². The smallest absolute Gasteiger partial charge is 0.187 e. The summed E-state index contributed by atoms with van der Waals surface area (Å²) < 4.78 is 15.3. The molecule has 136 valence electrons. The monoisotopic (exact) mass is 342 g/mol. The lowest BCUT2D eigenvalue weighted by atomic mass is 9.97. The van der Waals surface area contributed by atoms with Crippen molar-refractivity contribution >= 4 is 0 Å². The Morgan fingerprint density at radius 1 is 0.652 bits per heavy atom. The lowest BCUT2D eigenvalue weighted by Gasteiger charge is -2.45. The minimum absolute atomic E-state index is 0.667. The van der Waals surface area contributed by atoms with Gasteiger partial charge in [0.1, 0.15) is 48.8 Å². The molecule has 10 atom stereocenters. The molecule has 4 unspecified atom stereocenters. The third kappa shape index (κ3) is 3.65. The molecule has 0 saturated carbocycles. The summed E-state index contributed by atoms with van der Waals surface area (Å²) in [7, 11) is 0. The van der Waals surface area contributed by atoms with Crippen LogP contribution in [0.3, 0.4) is 0 Å². The summed E-state index contributed by atoms with van der Waals surface area (Å²) in [6.45, 7) is -1.35. The van der Waals surface area contributed by atoms with Crippen molar-refractivity contribution < 1.29 is 55.1 Å². The Bertz CT molecular complexity index is 378. The molecule has 0 aromatic carbocycles. The van der Waals surface area contributed by atoms with Crippen molar-refractivity contribution in [1.29, 1.82) is 0 Å². The third-order valence-electron chi connectivity index (χ3n) is 3.98. The van der Waals surface area contributed by atoms with Crippen LogP contribution >= 0.6 is 0 Å². The van der Waals surface area contributed by atoms with E-state index in [1.54, 1.807) is 0 Å². The summed E-state index contributed by atoms with van der Waals surface area (Å²) in [6, 6.07) is 0. The van der Waals surface area contributed by atoms with Crippen LogP contribution in [0.5, 0.6) is 0 Å². The van der Waals surface area contributed by atoms with E-state index in [4.69, 9.17) is 19.3 Å². The second kappa shape index (κ2) is 7.63. The fourth-order valence-corrected chi connectivity index (χ4v) is 2.57. The van der Waals surface area contributed by atoms with E-state index in [9.17, 15) is 35.7 Å². The molecule has 11 heteroatoms. The van der Waals surface area contributed by atoms with Gasteiger partial charge in [0.25, 0.3) is 0 Å². The van der Waals surface area contributed by atoms with Crippen LogP contribution in [-0.4, -0.2) is 115 Å². The predicted molar refractivity (Wildman–Crippen MR) is 68.6 cm³/mol. The molecule has 0 bridgehead atoms. The van der Waals surface area contributed by atoms with E-state index in [-0.39, 0.29) is 0 Å². The summed E-state index contributed by atoms with van der Waals surface area (Å²) >= 11 is 0. The molecular formula is C12H22O11. The largest absolute Gasteiger partial charge is 0.394 e. The highest BCUT2D eigenvalue weighted by Crippen LogP contribution is 2.28. The van der Waals surface area contributed by atoms with Crippen LogP contribution in [0.1, 0.15) is 0 Å². The zero-order valence-corrected chi connectivity index (χ0v) is 12.0. The minimum Gasteiger partial charge on any atom is -0.394 e. The number of aliphatic hydroxyl groups is 8. The van der Waals surface area contributed by atoms with Gasteiger partial charge in [0, 0.05) is 0 Å². The van der Waals surface area contributed by atoms with Gasteiger partial charge >= 0.3 is 0 Å². The molecule has 2 saturated heterocycles. The Hall–Kier alpha value is -0.440. The summed E-state index contributed by atoms with van der Waals surface area (Å²) in [5.74, 6) is 0. The van der Waals surface area contributed by atoms with Crippen LogP contribution < -0.4 is 0 Å². The molecule has 0 aromatic heterocycles.